The fourth-order valence-electron chi connectivity index (χ4n) is 3.28. The molecule has 2 atom stereocenters. The fraction of sp³-hybridized carbons (Fsp3) is 0.733. The van der Waals surface area contributed by atoms with E-state index in [-0.39, 0.29) is 24.4 Å². The number of carbonyl (C=O) groups is 2. The maximum absolute atomic E-state index is 12.5. The van der Waals surface area contributed by atoms with Gasteiger partial charge in [0.1, 0.15) is 0 Å². The standard InChI is InChI=1S/C15H23N5O3/c1-3-19(8-13-16-10(2)23-18-13)15(22)9-20-7-12-5-4-11(17-12)6-14(20)21/h11-12,17H,3-9H2,1-2H3/t11-,12+/m1/s1. The summed E-state index contributed by atoms with van der Waals surface area (Å²) < 4.78 is 4.93. The van der Waals surface area contributed by atoms with E-state index in [4.69, 9.17) is 4.52 Å². The second kappa shape index (κ2) is 6.66. The smallest absolute Gasteiger partial charge is 0.242 e. The summed E-state index contributed by atoms with van der Waals surface area (Å²) in [4.78, 5) is 32.3. The molecule has 3 rings (SSSR count). The van der Waals surface area contributed by atoms with Crippen molar-refractivity contribution in [3.8, 4) is 0 Å². The van der Waals surface area contributed by atoms with Crippen LogP contribution < -0.4 is 5.32 Å². The second-order valence-electron chi connectivity index (χ2n) is 6.25. The lowest BCUT2D eigenvalue weighted by molar-refractivity contribution is -0.140. The summed E-state index contributed by atoms with van der Waals surface area (Å²) >= 11 is 0. The van der Waals surface area contributed by atoms with Crippen molar-refractivity contribution in [1.29, 1.82) is 0 Å². The molecule has 23 heavy (non-hydrogen) atoms. The van der Waals surface area contributed by atoms with E-state index in [1.54, 1.807) is 16.7 Å². The summed E-state index contributed by atoms with van der Waals surface area (Å²) in [6.45, 7) is 5.19. The Morgan fingerprint density at radius 1 is 1.43 bits per heavy atom. The Bertz CT molecular complexity index is 587. The summed E-state index contributed by atoms with van der Waals surface area (Å²) in [5.74, 6) is 0.944. The van der Waals surface area contributed by atoms with Gasteiger partial charge in [-0.05, 0) is 19.8 Å². The fourth-order valence-corrected chi connectivity index (χ4v) is 3.28. The molecule has 1 N–H and O–H groups in total. The maximum Gasteiger partial charge on any atom is 0.242 e. The summed E-state index contributed by atoms with van der Waals surface area (Å²) in [5.41, 5.74) is 0. The molecule has 1 aromatic heterocycles. The number of rotatable bonds is 5. The largest absolute Gasteiger partial charge is 0.340 e. The first-order valence-corrected chi connectivity index (χ1v) is 8.16. The van der Waals surface area contributed by atoms with Crippen LogP contribution in [0.2, 0.25) is 0 Å². The van der Waals surface area contributed by atoms with Crippen molar-refractivity contribution in [2.24, 2.45) is 0 Å². The third-order valence-electron chi connectivity index (χ3n) is 4.51. The molecule has 0 aliphatic carbocycles. The number of nitrogens with zero attached hydrogens (tertiary/aromatic N) is 4. The van der Waals surface area contributed by atoms with Crippen LogP contribution >= 0.6 is 0 Å². The lowest BCUT2D eigenvalue weighted by atomic mass is 10.1. The molecule has 126 valence electrons. The van der Waals surface area contributed by atoms with Gasteiger partial charge in [0.25, 0.3) is 0 Å². The average molecular weight is 321 g/mol. The van der Waals surface area contributed by atoms with E-state index in [0.29, 0.717) is 43.8 Å². The number of aromatic nitrogens is 2. The van der Waals surface area contributed by atoms with Gasteiger partial charge in [-0.3, -0.25) is 9.59 Å². The minimum absolute atomic E-state index is 0.0597. The first-order chi connectivity index (χ1) is 11.0. The Hall–Kier alpha value is -1.96. The van der Waals surface area contributed by atoms with Gasteiger partial charge in [-0.1, -0.05) is 5.16 Å². The van der Waals surface area contributed by atoms with Gasteiger partial charge < -0.3 is 19.6 Å². The molecule has 3 heterocycles. The first kappa shape index (κ1) is 15.9. The van der Waals surface area contributed by atoms with E-state index in [2.05, 4.69) is 15.5 Å². The van der Waals surface area contributed by atoms with E-state index in [1.165, 1.54) is 0 Å². The van der Waals surface area contributed by atoms with E-state index in [9.17, 15) is 9.59 Å². The predicted molar refractivity (Wildman–Crippen MR) is 81.3 cm³/mol. The van der Waals surface area contributed by atoms with Crippen LogP contribution in [0.25, 0.3) is 0 Å². The van der Waals surface area contributed by atoms with Crippen LogP contribution in [0, 0.1) is 6.92 Å². The number of amides is 2. The normalized spacial score (nSPS) is 23.9. The van der Waals surface area contributed by atoms with Gasteiger partial charge in [0.05, 0.1) is 13.1 Å². The van der Waals surface area contributed by atoms with Gasteiger partial charge in [-0.2, -0.15) is 4.98 Å². The van der Waals surface area contributed by atoms with Crippen molar-refractivity contribution in [2.45, 2.75) is 51.7 Å². The zero-order valence-electron chi connectivity index (χ0n) is 13.6. The lowest BCUT2D eigenvalue weighted by Crippen LogP contribution is -2.45. The van der Waals surface area contributed by atoms with Crippen LogP contribution in [0.4, 0.5) is 0 Å². The number of aryl methyl sites for hydroxylation is 1. The van der Waals surface area contributed by atoms with E-state index in [0.717, 1.165) is 12.8 Å². The predicted octanol–water partition coefficient (Wildman–Crippen LogP) is 0.0794. The molecule has 0 saturated carbocycles. The van der Waals surface area contributed by atoms with Gasteiger partial charge in [0.15, 0.2) is 5.82 Å². The minimum atomic E-state index is -0.0823. The summed E-state index contributed by atoms with van der Waals surface area (Å²) in [5, 5.41) is 7.28. The molecule has 0 unspecified atom stereocenters. The van der Waals surface area contributed by atoms with Gasteiger partial charge in [0, 0.05) is 38.5 Å². The molecule has 2 fully saturated rings. The molecule has 2 aliphatic rings. The highest BCUT2D eigenvalue weighted by atomic mass is 16.5. The number of fused-ring (bicyclic) bond motifs is 2. The van der Waals surface area contributed by atoms with Crippen molar-refractivity contribution in [2.75, 3.05) is 19.6 Å². The molecule has 0 radical (unpaired) electrons. The van der Waals surface area contributed by atoms with Gasteiger partial charge in [-0.25, -0.2) is 0 Å². The molecule has 2 aliphatic heterocycles. The van der Waals surface area contributed by atoms with Gasteiger partial charge in [-0.15, -0.1) is 0 Å². The Labute approximate surface area is 135 Å². The topological polar surface area (TPSA) is 91.6 Å². The Morgan fingerprint density at radius 3 is 2.91 bits per heavy atom. The summed E-state index contributed by atoms with van der Waals surface area (Å²) in [6.07, 6.45) is 2.61. The number of hydrogen-bond donors (Lipinski definition) is 1. The Kier molecular flexibility index (Phi) is 4.61. The molecule has 8 heteroatoms. The zero-order valence-corrected chi connectivity index (χ0v) is 13.6. The number of nitrogens with one attached hydrogen (secondary N) is 1. The number of likely N-dealkylation sites (N-methyl/N-ethyl adjacent to an activating group) is 1. The molecule has 0 spiro atoms. The first-order valence-electron chi connectivity index (χ1n) is 8.16. The van der Waals surface area contributed by atoms with Crippen molar-refractivity contribution in [3.05, 3.63) is 11.7 Å². The van der Waals surface area contributed by atoms with Crippen LogP contribution in [-0.2, 0) is 16.1 Å². The molecule has 1 aromatic rings. The Morgan fingerprint density at radius 2 is 2.22 bits per heavy atom. The second-order valence-corrected chi connectivity index (χ2v) is 6.25. The van der Waals surface area contributed by atoms with Gasteiger partial charge >= 0.3 is 0 Å². The summed E-state index contributed by atoms with van der Waals surface area (Å²) in [6, 6.07) is 0.589. The maximum atomic E-state index is 12.5. The molecule has 2 bridgehead atoms. The van der Waals surface area contributed by atoms with E-state index >= 15 is 0 Å². The van der Waals surface area contributed by atoms with E-state index in [1.807, 2.05) is 6.92 Å². The molecule has 8 nitrogen and oxygen atoms in total. The number of hydrogen-bond acceptors (Lipinski definition) is 6. The molecule has 2 saturated heterocycles. The van der Waals surface area contributed by atoms with Crippen molar-refractivity contribution >= 4 is 11.8 Å². The third kappa shape index (κ3) is 3.69. The molecular formula is C15H23N5O3. The Balaban J connectivity index is 1.61. The average Bonchev–Trinajstić information content (AvgIpc) is 3.08. The third-order valence-corrected chi connectivity index (χ3v) is 4.51. The highest BCUT2D eigenvalue weighted by Gasteiger charge is 2.34. The van der Waals surface area contributed by atoms with Crippen molar-refractivity contribution in [1.82, 2.24) is 25.3 Å². The molecule has 2 amide bonds. The highest BCUT2D eigenvalue weighted by molar-refractivity contribution is 5.85. The number of carbonyl (C=O) groups excluding carboxylic acids is 2. The summed E-state index contributed by atoms with van der Waals surface area (Å²) in [7, 11) is 0. The van der Waals surface area contributed by atoms with Crippen LogP contribution in [0.1, 0.15) is 37.9 Å². The van der Waals surface area contributed by atoms with Crippen molar-refractivity contribution < 1.29 is 14.1 Å². The van der Waals surface area contributed by atoms with Crippen LogP contribution in [-0.4, -0.2) is 63.5 Å². The highest BCUT2D eigenvalue weighted by Crippen LogP contribution is 2.21. The van der Waals surface area contributed by atoms with E-state index < -0.39 is 0 Å². The number of likely N-dealkylation sites (tertiary alicyclic amines) is 1. The zero-order chi connectivity index (χ0) is 16.4. The van der Waals surface area contributed by atoms with Crippen molar-refractivity contribution in [3.63, 3.8) is 0 Å². The van der Waals surface area contributed by atoms with Gasteiger partial charge in [0.2, 0.25) is 17.7 Å². The quantitative estimate of drug-likeness (QED) is 0.826. The van der Waals surface area contributed by atoms with Crippen LogP contribution in [0.5, 0.6) is 0 Å². The van der Waals surface area contributed by atoms with Crippen LogP contribution in [0.15, 0.2) is 4.52 Å². The minimum Gasteiger partial charge on any atom is -0.340 e. The molecule has 0 aromatic carbocycles. The lowest BCUT2D eigenvalue weighted by Gasteiger charge is -2.27. The monoisotopic (exact) mass is 321 g/mol. The van der Waals surface area contributed by atoms with Crippen LogP contribution in [0.3, 0.4) is 0 Å². The molecular weight excluding hydrogens is 298 g/mol. The SMILES string of the molecule is CCN(Cc1noc(C)n1)C(=O)CN1C[C@@H]2CC[C@H](CC1=O)N2.